The molecule has 4 nitrogen and oxygen atoms in total. The van der Waals surface area contributed by atoms with Crippen molar-refractivity contribution in [1.29, 1.82) is 0 Å². The van der Waals surface area contributed by atoms with Crippen LogP contribution in [-0.4, -0.2) is 23.3 Å². The highest BCUT2D eigenvalue weighted by Gasteiger charge is 2.36. The summed E-state index contributed by atoms with van der Waals surface area (Å²) in [7, 11) is 0. The minimum absolute atomic E-state index is 0.0960. The summed E-state index contributed by atoms with van der Waals surface area (Å²) < 4.78 is 27.6. The number of carbonyl (C=O) groups is 2. The summed E-state index contributed by atoms with van der Waals surface area (Å²) in [5, 5.41) is 2.77. The maximum atomic E-state index is 14.1. The van der Waals surface area contributed by atoms with E-state index < -0.39 is 17.7 Å². The maximum absolute atomic E-state index is 14.1. The van der Waals surface area contributed by atoms with Crippen molar-refractivity contribution in [1.82, 2.24) is 4.90 Å². The highest BCUT2D eigenvalue weighted by atomic mass is 19.1. The van der Waals surface area contributed by atoms with Gasteiger partial charge in [0, 0.05) is 17.2 Å². The Hall–Kier alpha value is -2.76. The van der Waals surface area contributed by atoms with E-state index in [4.69, 9.17) is 0 Å². The number of rotatable bonds is 2. The van der Waals surface area contributed by atoms with Crippen molar-refractivity contribution in [2.24, 2.45) is 5.92 Å². The molecule has 1 N–H and O–H groups in total. The van der Waals surface area contributed by atoms with Crippen LogP contribution in [-0.2, 0) is 9.59 Å². The number of anilines is 1. The van der Waals surface area contributed by atoms with E-state index in [1.54, 1.807) is 12.1 Å². The van der Waals surface area contributed by atoms with Crippen LogP contribution in [0.3, 0.4) is 0 Å². The van der Waals surface area contributed by atoms with Gasteiger partial charge in [-0.15, -0.1) is 0 Å². The molecule has 2 amide bonds. The molecule has 146 valence electrons. The van der Waals surface area contributed by atoms with Crippen molar-refractivity contribution in [3.8, 4) is 0 Å². The molecule has 1 heterocycles. The molecule has 4 rings (SSSR count). The molecule has 2 aromatic carbocycles. The predicted octanol–water partition coefficient (Wildman–Crippen LogP) is 4.42. The lowest BCUT2D eigenvalue weighted by Gasteiger charge is -2.34. The fraction of sp³-hybridized carbons (Fsp3) is 0.364. The average molecular weight is 384 g/mol. The van der Waals surface area contributed by atoms with E-state index >= 15 is 0 Å². The fourth-order valence-electron chi connectivity index (χ4n) is 4.27. The quantitative estimate of drug-likeness (QED) is 0.834. The van der Waals surface area contributed by atoms with Crippen LogP contribution in [0.15, 0.2) is 42.5 Å². The molecular formula is C22H22F2N2O2. The lowest BCUT2D eigenvalue weighted by molar-refractivity contribution is -0.140. The first-order valence-electron chi connectivity index (χ1n) is 9.68. The molecule has 0 saturated heterocycles. The summed E-state index contributed by atoms with van der Waals surface area (Å²) in [6, 6.07) is 9.29. The summed E-state index contributed by atoms with van der Waals surface area (Å²) in [4.78, 5) is 27.4. The molecule has 1 aliphatic carbocycles. The van der Waals surface area contributed by atoms with Crippen molar-refractivity contribution in [2.45, 2.75) is 38.1 Å². The van der Waals surface area contributed by atoms with Crippen molar-refractivity contribution < 1.29 is 18.4 Å². The second-order valence-corrected chi connectivity index (χ2v) is 7.53. The molecule has 0 unspecified atom stereocenters. The van der Waals surface area contributed by atoms with Gasteiger partial charge in [0.15, 0.2) is 0 Å². The molecular weight excluding hydrogens is 362 g/mol. The number of fused-ring (bicyclic) bond motifs is 1. The van der Waals surface area contributed by atoms with E-state index in [1.165, 1.54) is 35.2 Å². The molecule has 1 saturated carbocycles. The van der Waals surface area contributed by atoms with E-state index in [1.807, 2.05) is 0 Å². The number of amides is 2. The molecule has 2 aromatic rings. The number of nitrogens with zero attached hydrogens (tertiary/aromatic N) is 1. The number of hydrogen-bond donors (Lipinski definition) is 1. The van der Waals surface area contributed by atoms with Crippen LogP contribution in [0.25, 0.3) is 0 Å². The molecule has 1 aliphatic heterocycles. The van der Waals surface area contributed by atoms with Crippen LogP contribution in [0.2, 0.25) is 0 Å². The predicted molar refractivity (Wildman–Crippen MR) is 102 cm³/mol. The average Bonchev–Trinajstić information content (AvgIpc) is 2.84. The van der Waals surface area contributed by atoms with E-state index in [9.17, 15) is 18.4 Å². The third kappa shape index (κ3) is 3.63. The molecule has 0 spiro atoms. The zero-order valence-electron chi connectivity index (χ0n) is 15.5. The van der Waals surface area contributed by atoms with Crippen LogP contribution in [0.1, 0.15) is 49.3 Å². The maximum Gasteiger partial charge on any atom is 0.244 e. The lowest BCUT2D eigenvalue weighted by atomic mass is 9.87. The van der Waals surface area contributed by atoms with E-state index in [0.29, 0.717) is 16.8 Å². The van der Waals surface area contributed by atoms with Gasteiger partial charge in [-0.05, 0) is 48.7 Å². The molecule has 28 heavy (non-hydrogen) atoms. The van der Waals surface area contributed by atoms with Gasteiger partial charge in [-0.25, -0.2) is 8.78 Å². The van der Waals surface area contributed by atoms with Gasteiger partial charge in [0.05, 0.1) is 6.04 Å². The second kappa shape index (κ2) is 7.70. The molecule has 1 atom stereocenters. The Kier molecular flexibility index (Phi) is 5.11. The topological polar surface area (TPSA) is 49.4 Å². The Morgan fingerprint density at radius 2 is 1.64 bits per heavy atom. The third-order valence-corrected chi connectivity index (χ3v) is 5.63. The van der Waals surface area contributed by atoms with Crippen molar-refractivity contribution >= 4 is 17.5 Å². The number of hydrogen-bond acceptors (Lipinski definition) is 2. The Labute approximate surface area is 162 Å². The zero-order valence-corrected chi connectivity index (χ0v) is 15.5. The molecule has 6 heteroatoms. The first-order valence-corrected chi connectivity index (χ1v) is 9.68. The van der Waals surface area contributed by atoms with Gasteiger partial charge in [-0.1, -0.05) is 31.4 Å². The van der Waals surface area contributed by atoms with Gasteiger partial charge in [0.2, 0.25) is 11.8 Å². The lowest BCUT2D eigenvalue weighted by Crippen LogP contribution is -2.42. The molecule has 2 aliphatic rings. The van der Waals surface area contributed by atoms with E-state index in [0.717, 1.165) is 32.1 Å². The van der Waals surface area contributed by atoms with Crippen LogP contribution in [0.5, 0.6) is 0 Å². The van der Waals surface area contributed by atoms with Crippen LogP contribution in [0.4, 0.5) is 14.5 Å². The molecule has 1 fully saturated rings. The first-order chi connectivity index (χ1) is 13.5. The molecule has 0 aromatic heterocycles. The van der Waals surface area contributed by atoms with Gasteiger partial charge in [-0.2, -0.15) is 0 Å². The monoisotopic (exact) mass is 384 g/mol. The van der Waals surface area contributed by atoms with Gasteiger partial charge in [-0.3, -0.25) is 9.59 Å². The zero-order chi connectivity index (χ0) is 19.7. The van der Waals surface area contributed by atoms with Gasteiger partial charge < -0.3 is 10.2 Å². The number of benzene rings is 2. The van der Waals surface area contributed by atoms with Crippen LogP contribution >= 0.6 is 0 Å². The van der Waals surface area contributed by atoms with Gasteiger partial charge in [0.25, 0.3) is 0 Å². The van der Waals surface area contributed by atoms with Crippen molar-refractivity contribution in [2.75, 3.05) is 11.9 Å². The standard InChI is InChI=1S/C22H22F2N2O2/c23-16-8-6-14(7-9-16)21-18-12-17(24)10-11-19(18)25-20(27)13-26(21)22(28)15-4-2-1-3-5-15/h6-12,15,21H,1-5,13H2,(H,25,27)/t21-/m1/s1. The summed E-state index contributed by atoms with van der Waals surface area (Å²) in [5.74, 6) is -1.40. The Bertz CT molecular complexity index is 892. The van der Waals surface area contributed by atoms with E-state index in [-0.39, 0.29) is 24.3 Å². The minimum atomic E-state index is -0.653. The summed E-state index contributed by atoms with van der Waals surface area (Å²) in [6.45, 7) is -0.117. The SMILES string of the molecule is O=C1CN(C(=O)C2CCCCC2)[C@H](c2ccc(F)cc2)c2cc(F)ccc2N1. The molecule has 0 radical (unpaired) electrons. The smallest absolute Gasteiger partial charge is 0.244 e. The number of halogens is 2. The summed E-state index contributed by atoms with van der Waals surface area (Å²) >= 11 is 0. The summed E-state index contributed by atoms with van der Waals surface area (Å²) in [5.41, 5.74) is 1.62. The Morgan fingerprint density at radius 3 is 2.36 bits per heavy atom. The van der Waals surface area contributed by atoms with Crippen LogP contribution in [0, 0.1) is 17.6 Å². The largest absolute Gasteiger partial charge is 0.324 e. The number of carbonyl (C=O) groups excluding carboxylic acids is 2. The summed E-state index contributed by atoms with van der Waals surface area (Å²) in [6.07, 6.45) is 4.68. The van der Waals surface area contributed by atoms with Crippen LogP contribution < -0.4 is 5.32 Å². The van der Waals surface area contributed by atoms with Gasteiger partial charge >= 0.3 is 0 Å². The highest BCUT2D eigenvalue weighted by Crippen LogP contribution is 2.38. The normalized spacial score (nSPS) is 20.3. The van der Waals surface area contributed by atoms with Crippen molar-refractivity contribution in [3.63, 3.8) is 0 Å². The van der Waals surface area contributed by atoms with Gasteiger partial charge in [0.1, 0.15) is 18.2 Å². The highest BCUT2D eigenvalue weighted by molar-refractivity contribution is 5.97. The minimum Gasteiger partial charge on any atom is -0.324 e. The third-order valence-electron chi connectivity index (χ3n) is 5.63. The molecule has 0 bridgehead atoms. The number of nitrogens with one attached hydrogen (secondary N) is 1. The Morgan fingerprint density at radius 1 is 0.964 bits per heavy atom. The fourth-order valence-corrected chi connectivity index (χ4v) is 4.27. The first kappa shape index (κ1) is 18.6. The second-order valence-electron chi connectivity index (χ2n) is 7.53. The van der Waals surface area contributed by atoms with E-state index in [2.05, 4.69) is 5.32 Å². The Balaban J connectivity index is 1.82. The van der Waals surface area contributed by atoms with Crippen molar-refractivity contribution in [3.05, 3.63) is 65.2 Å².